The van der Waals surface area contributed by atoms with Crippen LogP contribution in [-0.2, 0) is 14.5 Å². The van der Waals surface area contributed by atoms with E-state index >= 15 is 0 Å². The molecule has 0 aromatic heterocycles. The second kappa shape index (κ2) is 9.43. The third kappa shape index (κ3) is 20.9. The SMILES string of the molecule is CCN/C(N)=N\C#N.NS(=O)(=O)OCC(Cl)(Cl)Cl. The van der Waals surface area contributed by atoms with E-state index in [1.165, 1.54) is 0 Å². The molecule has 0 saturated carbocycles. The normalized spacial score (nSPS) is 12.1. The van der Waals surface area contributed by atoms with Crippen molar-refractivity contribution in [3.05, 3.63) is 0 Å². The molecule has 0 aliphatic heterocycles. The first-order chi connectivity index (χ1) is 8.02. The van der Waals surface area contributed by atoms with Crippen LogP contribution < -0.4 is 16.2 Å². The van der Waals surface area contributed by atoms with Gasteiger partial charge in [0.1, 0.15) is 6.61 Å². The minimum absolute atomic E-state index is 0.176. The van der Waals surface area contributed by atoms with Crippen molar-refractivity contribution in [2.24, 2.45) is 15.9 Å². The average molecular weight is 341 g/mol. The zero-order valence-electron chi connectivity index (χ0n) is 9.23. The summed E-state index contributed by atoms with van der Waals surface area (Å²) in [4.78, 5) is 3.20. The summed E-state index contributed by atoms with van der Waals surface area (Å²) in [6.07, 6.45) is 1.55. The number of hydrogen-bond donors (Lipinski definition) is 3. The van der Waals surface area contributed by atoms with Crippen LogP contribution in [0.2, 0.25) is 0 Å². The van der Waals surface area contributed by atoms with E-state index in [9.17, 15) is 8.42 Å². The van der Waals surface area contributed by atoms with Crippen LogP contribution in [0, 0.1) is 11.5 Å². The Labute approximate surface area is 120 Å². The van der Waals surface area contributed by atoms with Crippen LogP contribution in [0.5, 0.6) is 0 Å². The van der Waals surface area contributed by atoms with Gasteiger partial charge in [-0.05, 0) is 6.92 Å². The van der Waals surface area contributed by atoms with Gasteiger partial charge in [0.15, 0.2) is 0 Å². The standard InChI is InChI=1S/C4H8N4.C2H4Cl3NO3S/c1-2-7-4(6)8-3-5;3-2(4,5)1-9-10(6,7)8/h2H2,1H3,(H3,6,7,8);1H2,(H2,6,7,8). The van der Waals surface area contributed by atoms with Gasteiger partial charge in [0.05, 0.1) is 0 Å². The van der Waals surface area contributed by atoms with E-state index < -0.39 is 20.7 Å². The number of aliphatic imine (C=N–C) groups is 1. The lowest BCUT2D eigenvalue weighted by molar-refractivity contribution is 0.326. The van der Waals surface area contributed by atoms with Crippen LogP contribution >= 0.6 is 34.8 Å². The maximum Gasteiger partial charge on any atom is 0.333 e. The third-order valence-corrected chi connectivity index (χ3v) is 1.69. The highest BCUT2D eigenvalue weighted by molar-refractivity contribution is 7.84. The lowest BCUT2D eigenvalue weighted by Gasteiger charge is -2.08. The van der Waals surface area contributed by atoms with Crippen molar-refractivity contribution in [1.82, 2.24) is 5.32 Å². The van der Waals surface area contributed by atoms with Gasteiger partial charge in [0, 0.05) is 6.54 Å². The first kappa shape index (κ1) is 19.8. The molecule has 0 aromatic rings. The van der Waals surface area contributed by atoms with Crippen molar-refractivity contribution in [3.63, 3.8) is 0 Å². The van der Waals surface area contributed by atoms with Gasteiger partial charge >= 0.3 is 10.3 Å². The van der Waals surface area contributed by atoms with Crippen molar-refractivity contribution >= 4 is 51.1 Å². The van der Waals surface area contributed by atoms with E-state index in [0.29, 0.717) is 6.54 Å². The highest BCUT2D eigenvalue weighted by Gasteiger charge is 2.22. The molecule has 0 heterocycles. The third-order valence-electron chi connectivity index (χ3n) is 0.915. The van der Waals surface area contributed by atoms with Gasteiger partial charge < -0.3 is 11.1 Å². The van der Waals surface area contributed by atoms with E-state index in [2.05, 4.69) is 19.6 Å². The molecule has 8 nitrogen and oxygen atoms in total. The molecule has 0 radical (unpaired) electrons. The Kier molecular flexibility index (Phi) is 10.4. The van der Waals surface area contributed by atoms with Crippen LogP contribution in [0.15, 0.2) is 4.99 Å². The molecular formula is C6H12Cl3N5O3S. The van der Waals surface area contributed by atoms with Crippen molar-refractivity contribution in [2.45, 2.75) is 10.7 Å². The second-order valence-electron chi connectivity index (χ2n) is 2.50. The predicted molar refractivity (Wildman–Crippen MR) is 70.3 cm³/mol. The summed E-state index contributed by atoms with van der Waals surface area (Å²) in [5.41, 5.74) is 5.11. The summed E-state index contributed by atoms with van der Waals surface area (Å²) >= 11 is 15.4. The van der Waals surface area contributed by atoms with Crippen molar-refractivity contribution in [3.8, 4) is 6.19 Å². The summed E-state index contributed by atoms with van der Waals surface area (Å²) < 4.78 is 22.3. The maximum absolute atomic E-state index is 10.1. The van der Waals surface area contributed by atoms with Crippen molar-refractivity contribution < 1.29 is 12.6 Å². The molecule has 5 N–H and O–H groups in total. The molecule has 0 unspecified atom stereocenters. The number of alkyl halides is 3. The zero-order valence-corrected chi connectivity index (χ0v) is 12.3. The van der Waals surface area contributed by atoms with Crippen LogP contribution in [-0.4, -0.2) is 31.3 Å². The zero-order chi connectivity index (χ0) is 14.8. The monoisotopic (exact) mass is 339 g/mol. The lowest BCUT2D eigenvalue weighted by atomic mass is 10.7. The van der Waals surface area contributed by atoms with Gasteiger partial charge in [0.2, 0.25) is 15.9 Å². The van der Waals surface area contributed by atoms with E-state index in [1.54, 1.807) is 6.19 Å². The minimum Gasteiger partial charge on any atom is -0.369 e. The molecule has 0 aliphatic carbocycles. The number of nitrogens with zero attached hydrogens (tertiary/aromatic N) is 2. The van der Waals surface area contributed by atoms with Gasteiger partial charge in [-0.2, -0.15) is 13.7 Å². The molecule has 0 atom stereocenters. The van der Waals surface area contributed by atoms with Gasteiger partial charge in [0.25, 0.3) is 0 Å². The summed E-state index contributed by atoms with van der Waals surface area (Å²) in [5.74, 6) is 0.176. The van der Waals surface area contributed by atoms with Crippen LogP contribution in [0.25, 0.3) is 0 Å². The average Bonchev–Trinajstić information content (AvgIpc) is 2.15. The highest BCUT2D eigenvalue weighted by Crippen LogP contribution is 2.26. The molecule has 0 fully saturated rings. The van der Waals surface area contributed by atoms with Gasteiger partial charge in [-0.1, -0.05) is 34.8 Å². The molecule has 0 saturated heterocycles. The van der Waals surface area contributed by atoms with Crippen LogP contribution in [0.3, 0.4) is 0 Å². The van der Waals surface area contributed by atoms with Gasteiger partial charge in [-0.3, -0.25) is 4.18 Å². The summed E-state index contributed by atoms with van der Waals surface area (Å²) in [7, 11) is -4.01. The summed E-state index contributed by atoms with van der Waals surface area (Å²) in [6.45, 7) is 1.98. The number of nitrogens with two attached hydrogens (primary N) is 2. The van der Waals surface area contributed by atoms with Gasteiger partial charge in [-0.15, -0.1) is 4.99 Å². The molecule has 0 amide bonds. The molecule has 18 heavy (non-hydrogen) atoms. The van der Waals surface area contributed by atoms with Crippen molar-refractivity contribution in [2.75, 3.05) is 13.2 Å². The number of rotatable bonds is 3. The minimum atomic E-state index is -4.01. The maximum atomic E-state index is 10.1. The molecule has 0 spiro atoms. The second-order valence-corrected chi connectivity index (χ2v) is 6.23. The fourth-order valence-electron chi connectivity index (χ4n) is 0.423. The molecule has 106 valence electrons. The molecule has 12 heteroatoms. The predicted octanol–water partition coefficient (Wildman–Crippen LogP) is -0.0316. The Balaban J connectivity index is 0. The Morgan fingerprint density at radius 3 is 2.28 bits per heavy atom. The van der Waals surface area contributed by atoms with E-state index in [1.807, 2.05) is 6.92 Å². The van der Waals surface area contributed by atoms with Crippen LogP contribution in [0.4, 0.5) is 0 Å². The first-order valence-corrected chi connectivity index (χ1v) is 6.82. The fourth-order valence-corrected chi connectivity index (χ4v) is 1.12. The van der Waals surface area contributed by atoms with E-state index in [4.69, 9.17) is 45.8 Å². The summed E-state index contributed by atoms with van der Waals surface area (Å²) in [5, 5.41) is 15.0. The smallest absolute Gasteiger partial charge is 0.333 e. The number of guanidine groups is 1. The lowest BCUT2D eigenvalue weighted by Crippen LogP contribution is -2.30. The highest BCUT2D eigenvalue weighted by atomic mass is 35.6. The Morgan fingerprint density at radius 1 is 1.56 bits per heavy atom. The molecule has 0 aliphatic rings. The number of hydrogen-bond acceptors (Lipinski definition) is 5. The fraction of sp³-hybridized carbons (Fsp3) is 0.667. The van der Waals surface area contributed by atoms with Crippen molar-refractivity contribution in [1.29, 1.82) is 5.26 Å². The Hall–Kier alpha value is -0.500. The van der Waals surface area contributed by atoms with E-state index in [0.717, 1.165) is 0 Å². The summed E-state index contributed by atoms with van der Waals surface area (Å²) in [6, 6.07) is 0. The number of nitriles is 1. The number of halogens is 3. The van der Waals surface area contributed by atoms with E-state index in [-0.39, 0.29) is 5.96 Å². The molecule has 0 bridgehead atoms. The van der Waals surface area contributed by atoms with Gasteiger partial charge in [-0.25, -0.2) is 5.14 Å². The largest absolute Gasteiger partial charge is 0.369 e. The molecule has 0 aromatic carbocycles. The topological polar surface area (TPSA) is 144 Å². The molecular weight excluding hydrogens is 329 g/mol. The number of nitrogens with one attached hydrogen (secondary N) is 1. The first-order valence-electron chi connectivity index (χ1n) is 4.22. The quantitative estimate of drug-likeness (QED) is 0.285. The van der Waals surface area contributed by atoms with Crippen LogP contribution in [0.1, 0.15) is 6.92 Å². The Bertz CT molecular complexity index is 400. The Morgan fingerprint density at radius 2 is 2.06 bits per heavy atom. The molecule has 0 rings (SSSR count).